The molecule has 0 aliphatic rings. The quantitative estimate of drug-likeness (QED) is 0.246. The normalized spacial score (nSPS) is 10.7. The third-order valence-corrected chi connectivity index (χ3v) is 5.76. The standard InChI is InChI=1S/C28H26O8/c1-15(29)35-23-13-11-21(31-3)19-9-7-17(27(33-5)25(19)23)18-8-10-20-22(32-4)12-14-24(36-16(2)30)26(20)28(18)34-6/h7-14H,1-6H3. The molecule has 0 bridgehead atoms. The minimum Gasteiger partial charge on any atom is -0.496 e. The summed E-state index contributed by atoms with van der Waals surface area (Å²) in [5, 5.41) is 2.55. The Morgan fingerprint density at radius 3 is 1.17 bits per heavy atom. The van der Waals surface area contributed by atoms with E-state index in [1.165, 1.54) is 28.1 Å². The Morgan fingerprint density at radius 2 is 0.861 bits per heavy atom. The van der Waals surface area contributed by atoms with Gasteiger partial charge in [0.1, 0.15) is 34.5 Å². The molecule has 0 unspecified atom stereocenters. The van der Waals surface area contributed by atoms with E-state index in [4.69, 9.17) is 28.4 Å². The molecule has 8 nitrogen and oxygen atoms in total. The van der Waals surface area contributed by atoms with E-state index in [9.17, 15) is 9.59 Å². The number of methoxy groups -OCH3 is 4. The SMILES string of the molecule is COc1ccc(OC(C)=O)c2c(OC)c(-c3ccc4c(OC)ccc(OC(C)=O)c4c3OC)ccc12. The molecular formula is C28H26O8. The summed E-state index contributed by atoms with van der Waals surface area (Å²) in [6, 6.07) is 14.3. The maximum Gasteiger partial charge on any atom is 0.308 e. The number of fused-ring (bicyclic) bond motifs is 2. The van der Waals surface area contributed by atoms with Crippen LogP contribution in [0.25, 0.3) is 32.7 Å². The zero-order chi connectivity index (χ0) is 26.0. The van der Waals surface area contributed by atoms with Crippen LogP contribution in [-0.2, 0) is 9.59 Å². The number of esters is 2. The zero-order valence-electron chi connectivity index (χ0n) is 20.9. The third kappa shape index (κ3) is 4.22. The average Bonchev–Trinajstić information content (AvgIpc) is 2.86. The van der Waals surface area contributed by atoms with Crippen molar-refractivity contribution in [3.63, 3.8) is 0 Å². The van der Waals surface area contributed by atoms with Crippen molar-refractivity contribution >= 4 is 33.5 Å². The Labute approximate surface area is 208 Å². The highest BCUT2D eigenvalue weighted by molar-refractivity contribution is 6.07. The molecule has 0 aliphatic carbocycles. The predicted octanol–water partition coefficient (Wildman–Crippen LogP) is 5.55. The molecule has 0 saturated carbocycles. The second-order valence-electron chi connectivity index (χ2n) is 7.86. The van der Waals surface area contributed by atoms with Crippen molar-refractivity contribution < 1.29 is 38.0 Å². The summed E-state index contributed by atoms with van der Waals surface area (Å²) >= 11 is 0. The second kappa shape index (κ2) is 10.0. The van der Waals surface area contributed by atoms with E-state index in [0.717, 1.165) is 0 Å². The van der Waals surface area contributed by atoms with Crippen LogP contribution in [0.2, 0.25) is 0 Å². The zero-order valence-corrected chi connectivity index (χ0v) is 20.9. The number of rotatable bonds is 7. The Bertz CT molecular complexity index is 1380. The van der Waals surface area contributed by atoms with Crippen LogP contribution in [0.1, 0.15) is 13.8 Å². The van der Waals surface area contributed by atoms with Crippen LogP contribution in [-0.4, -0.2) is 40.4 Å². The summed E-state index contributed by atoms with van der Waals surface area (Å²) in [5.41, 5.74) is 1.34. The summed E-state index contributed by atoms with van der Waals surface area (Å²) in [7, 11) is 6.21. The van der Waals surface area contributed by atoms with Gasteiger partial charge in [-0.2, -0.15) is 0 Å². The molecule has 8 heteroatoms. The maximum absolute atomic E-state index is 11.8. The summed E-state index contributed by atoms with van der Waals surface area (Å²) in [6.45, 7) is 2.67. The van der Waals surface area contributed by atoms with Gasteiger partial charge in [0.05, 0.1) is 39.2 Å². The van der Waals surface area contributed by atoms with Crippen molar-refractivity contribution in [1.82, 2.24) is 0 Å². The first-order valence-corrected chi connectivity index (χ1v) is 11.1. The molecule has 0 fully saturated rings. The Morgan fingerprint density at radius 1 is 0.500 bits per heavy atom. The number of benzene rings is 4. The van der Waals surface area contributed by atoms with Crippen LogP contribution in [0, 0.1) is 0 Å². The van der Waals surface area contributed by atoms with Crippen LogP contribution in [0.15, 0.2) is 48.5 Å². The highest BCUT2D eigenvalue weighted by Gasteiger charge is 2.23. The van der Waals surface area contributed by atoms with Gasteiger partial charge < -0.3 is 28.4 Å². The van der Waals surface area contributed by atoms with Gasteiger partial charge in [0.15, 0.2) is 0 Å². The molecule has 0 aromatic heterocycles. The number of hydrogen-bond acceptors (Lipinski definition) is 8. The van der Waals surface area contributed by atoms with Crippen LogP contribution in [0.3, 0.4) is 0 Å². The summed E-state index contributed by atoms with van der Waals surface area (Å²) in [4.78, 5) is 23.7. The Hall–Kier alpha value is -4.46. The molecule has 4 aromatic rings. The Balaban J connectivity index is 2.11. The van der Waals surface area contributed by atoms with Gasteiger partial charge in [0, 0.05) is 35.7 Å². The van der Waals surface area contributed by atoms with Crippen LogP contribution >= 0.6 is 0 Å². The number of hydrogen-bond donors (Lipinski definition) is 0. The molecule has 0 heterocycles. The van der Waals surface area contributed by atoms with Gasteiger partial charge in [0.2, 0.25) is 0 Å². The molecule has 36 heavy (non-hydrogen) atoms. The van der Waals surface area contributed by atoms with E-state index >= 15 is 0 Å². The molecule has 0 spiro atoms. The van der Waals surface area contributed by atoms with Gasteiger partial charge in [-0.25, -0.2) is 0 Å². The molecular weight excluding hydrogens is 464 g/mol. The van der Waals surface area contributed by atoms with Gasteiger partial charge in [-0.05, 0) is 48.5 Å². The summed E-state index contributed by atoms with van der Waals surface area (Å²) < 4.78 is 33.8. The van der Waals surface area contributed by atoms with E-state index in [1.807, 2.05) is 24.3 Å². The molecule has 0 N–H and O–H groups in total. The van der Waals surface area contributed by atoms with Crippen LogP contribution in [0.5, 0.6) is 34.5 Å². The predicted molar refractivity (Wildman–Crippen MR) is 136 cm³/mol. The summed E-state index contributed by atoms with van der Waals surface area (Å²) in [5.74, 6) is 1.84. The lowest BCUT2D eigenvalue weighted by molar-refractivity contribution is -0.132. The van der Waals surface area contributed by atoms with Gasteiger partial charge in [-0.1, -0.05) is 0 Å². The highest BCUT2D eigenvalue weighted by atomic mass is 16.5. The van der Waals surface area contributed by atoms with Crippen LogP contribution in [0.4, 0.5) is 0 Å². The molecule has 4 rings (SSSR count). The Kier molecular flexibility index (Phi) is 6.87. The van der Waals surface area contributed by atoms with Crippen molar-refractivity contribution in [3.8, 4) is 45.6 Å². The monoisotopic (exact) mass is 490 g/mol. The maximum atomic E-state index is 11.8. The van der Waals surface area contributed by atoms with Crippen molar-refractivity contribution in [2.45, 2.75) is 13.8 Å². The van der Waals surface area contributed by atoms with Crippen molar-refractivity contribution in [2.75, 3.05) is 28.4 Å². The topological polar surface area (TPSA) is 89.5 Å². The van der Waals surface area contributed by atoms with E-state index in [2.05, 4.69) is 0 Å². The van der Waals surface area contributed by atoms with E-state index in [0.29, 0.717) is 67.2 Å². The molecule has 0 atom stereocenters. The fourth-order valence-corrected chi connectivity index (χ4v) is 4.40. The number of carbonyl (C=O) groups is 2. The number of carbonyl (C=O) groups excluding carboxylic acids is 2. The van der Waals surface area contributed by atoms with Crippen molar-refractivity contribution in [3.05, 3.63) is 48.5 Å². The van der Waals surface area contributed by atoms with Gasteiger partial charge in [-0.3, -0.25) is 9.59 Å². The van der Waals surface area contributed by atoms with E-state index in [-0.39, 0.29) is 0 Å². The minimum atomic E-state index is -0.463. The lowest BCUT2D eigenvalue weighted by atomic mass is 9.94. The van der Waals surface area contributed by atoms with Gasteiger partial charge in [-0.15, -0.1) is 0 Å². The first-order chi connectivity index (χ1) is 17.3. The van der Waals surface area contributed by atoms with Crippen molar-refractivity contribution in [1.29, 1.82) is 0 Å². The lowest BCUT2D eigenvalue weighted by Crippen LogP contribution is -2.04. The summed E-state index contributed by atoms with van der Waals surface area (Å²) in [6.07, 6.45) is 0. The van der Waals surface area contributed by atoms with Crippen molar-refractivity contribution in [2.24, 2.45) is 0 Å². The first-order valence-electron chi connectivity index (χ1n) is 11.1. The second-order valence-corrected chi connectivity index (χ2v) is 7.86. The van der Waals surface area contributed by atoms with Gasteiger partial charge >= 0.3 is 11.9 Å². The number of ether oxygens (including phenoxy) is 6. The molecule has 0 amide bonds. The van der Waals surface area contributed by atoms with E-state index in [1.54, 1.807) is 38.5 Å². The fraction of sp³-hybridized carbons (Fsp3) is 0.214. The lowest BCUT2D eigenvalue weighted by Gasteiger charge is -2.20. The molecule has 0 radical (unpaired) electrons. The first kappa shape index (κ1) is 24.7. The minimum absolute atomic E-state index is 0.332. The largest absolute Gasteiger partial charge is 0.496 e. The highest BCUT2D eigenvalue weighted by Crippen LogP contribution is 2.50. The fourth-order valence-electron chi connectivity index (χ4n) is 4.40. The van der Waals surface area contributed by atoms with E-state index < -0.39 is 11.9 Å². The average molecular weight is 491 g/mol. The molecule has 186 valence electrons. The molecule has 0 saturated heterocycles. The van der Waals surface area contributed by atoms with Gasteiger partial charge in [0.25, 0.3) is 0 Å². The smallest absolute Gasteiger partial charge is 0.308 e. The van der Waals surface area contributed by atoms with Crippen LogP contribution < -0.4 is 28.4 Å². The molecule has 4 aromatic carbocycles. The third-order valence-electron chi connectivity index (χ3n) is 5.76. The molecule has 0 aliphatic heterocycles.